The Morgan fingerprint density at radius 1 is 0.475 bits per heavy atom. The SMILES string of the molecule is c1ccc(-c2ccc(N(c3ccc4ccccc4c3)c3ccc4oc5ccc6ccncc6c5c4c3)cc2)cc1. The summed E-state index contributed by atoms with van der Waals surface area (Å²) in [5, 5.41) is 6.86. The van der Waals surface area contributed by atoms with Crippen LogP contribution in [0.25, 0.3) is 54.6 Å². The monoisotopic (exact) mass is 512 g/mol. The van der Waals surface area contributed by atoms with Crippen LogP contribution in [0.3, 0.4) is 0 Å². The lowest BCUT2D eigenvalue weighted by Gasteiger charge is -2.26. The van der Waals surface area contributed by atoms with Gasteiger partial charge in [0.1, 0.15) is 11.2 Å². The van der Waals surface area contributed by atoms with E-state index in [0.717, 1.165) is 49.8 Å². The molecule has 0 aliphatic rings. The Balaban J connectivity index is 1.34. The molecule has 2 heterocycles. The number of hydrogen-bond donors (Lipinski definition) is 0. The van der Waals surface area contributed by atoms with Gasteiger partial charge < -0.3 is 9.32 Å². The van der Waals surface area contributed by atoms with Gasteiger partial charge in [-0.15, -0.1) is 0 Å². The van der Waals surface area contributed by atoms with Crippen LogP contribution in [-0.2, 0) is 0 Å². The molecule has 0 saturated heterocycles. The molecule has 0 aliphatic heterocycles. The Hall–Kier alpha value is -5.41. The number of nitrogens with zero attached hydrogens (tertiary/aromatic N) is 2. The van der Waals surface area contributed by atoms with E-state index in [-0.39, 0.29) is 0 Å². The second-order valence-electron chi connectivity index (χ2n) is 10.1. The summed E-state index contributed by atoms with van der Waals surface area (Å²) in [6.07, 6.45) is 3.77. The number of pyridine rings is 1. The number of rotatable bonds is 4. The Kier molecular flexibility index (Phi) is 5.14. The highest BCUT2D eigenvalue weighted by atomic mass is 16.3. The summed E-state index contributed by atoms with van der Waals surface area (Å²) >= 11 is 0. The lowest BCUT2D eigenvalue weighted by molar-refractivity contribution is 0.669. The summed E-state index contributed by atoms with van der Waals surface area (Å²) in [7, 11) is 0. The van der Waals surface area contributed by atoms with Crippen molar-refractivity contribution in [2.24, 2.45) is 0 Å². The minimum atomic E-state index is 0.869. The van der Waals surface area contributed by atoms with Crippen molar-refractivity contribution < 1.29 is 4.42 Å². The van der Waals surface area contributed by atoms with Crippen molar-refractivity contribution in [1.82, 2.24) is 4.98 Å². The average molecular weight is 513 g/mol. The minimum Gasteiger partial charge on any atom is -0.456 e. The summed E-state index contributed by atoms with van der Waals surface area (Å²) in [4.78, 5) is 6.73. The van der Waals surface area contributed by atoms with E-state index in [0.29, 0.717) is 0 Å². The van der Waals surface area contributed by atoms with Crippen molar-refractivity contribution in [3.63, 3.8) is 0 Å². The predicted octanol–water partition coefficient (Wildman–Crippen LogP) is 10.4. The van der Waals surface area contributed by atoms with Gasteiger partial charge >= 0.3 is 0 Å². The molecule has 0 N–H and O–H groups in total. The smallest absolute Gasteiger partial charge is 0.136 e. The van der Waals surface area contributed by atoms with Gasteiger partial charge in [0.25, 0.3) is 0 Å². The third-order valence-corrected chi connectivity index (χ3v) is 7.72. The van der Waals surface area contributed by atoms with Gasteiger partial charge in [-0.1, -0.05) is 78.9 Å². The maximum absolute atomic E-state index is 6.28. The maximum atomic E-state index is 6.28. The molecule has 0 unspecified atom stereocenters. The van der Waals surface area contributed by atoms with Gasteiger partial charge in [-0.2, -0.15) is 0 Å². The molecular formula is C37H24N2O. The number of anilines is 3. The second-order valence-corrected chi connectivity index (χ2v) is 10.1. The van der Waals surface area contributed by atoms with E-state index < -0.39 is 0 Å². The molecule has 0 fully saturated rings. The first-order valence-corrected chi connectivity index (χ1v) is 13.5. The summed E-state index contributed by atoms with van der Waals surface area (Å²) in [6.45, 7) is 0. The molecule has 3 heteroatoms. The zero-order valence-electron chi connectivity index (χ0n) is 21.7. The van der Waals surface area contributed by atoms with Crippen LogP contribution in [0.2, 0.25) is 0 Å². The Morgan fingerprint density at radius 3 is 2.02 bits per heavy atom. The van der Waals surface area contributed by atoms with Gasteiger partial charge in [0.15, 0.2) is 0 Å². The van der Waals surface area contributed by atoms with Crippen molar-refractivity contribution >= 4 is 60.5 Å². The summed E-state index contributed by atoms with van der Waals surface area (Å²) in [5.41, 5.74) is 7.40. The van der Waals surface area contributed by atoms with Crippen molar-refractivity contribution in [2.45, 2.75) is 0 Å². The van der Waals surface area contributed by atoms with E-state index in [1.807, 2.05) is 24.5 Å². The molecule has 8 rings (SSSR count). The van der Waals surface area contributed by atoms with Gasteiger partial charge in [0.05, 0.1) is 0 Å². The number of fused-ring (bicyclic) bond motifs is 6. The molecule has 8 aromatic rings. The highest BCUT2D eigenvalue weighted by molar-refractivity contribution is 6.19. The van der Waals surface area contributed by atoms with Crippen LogP contribution in [0, 0.1) is 0 Å². The number of hydrogen-bond acceptors (Lipinski definition) is 3. The molecule has 188 valence electrons. The standard InChI is InChI=1S/C37H24N2O/c1-2-6-25(7-3-1)27-10-14-30(15-11-27)39(31-16-12-26-8-4-5-9-29(26)22-31)32-17-19-35-33(23-32)37-34-24-38-21-20-28(34)13-18-36(37)40-35/h1-24H. The van der Waals surface area contributed by atoms with E-state index in [9.17, 15) is 0 Å². The molecule has 0 saturated carbocycles. The van der Waals surface area contributed by atoms with Gasteiger partial charge in [-0.25, -0.2) is 0 Å². The first-order valence-electron chi connectivity index (χ1n) is 13.5. The van der Waals surface area contributed by atoms with Gasteiger partial charge in [0.2, 0.25) is 0 Å². The van der Waals surface area contributed by atoms with Crippen LogP contribution < -0.4 is 4.90 Å². The topological polar surface area (TPSA) is 29.3 Å². The number of benzene rings is 6. The summed E-state index contributed by atoms with van der Waals surface area (Å²) < 4.78 is 6.28. The fourth-order valence-electron chi connectivity index (χ4n) is 5.76. The fraction of sp³-hybridized carbons (Fsp3) is 0. The number of furan rings is 1. The summed E-state index contributed by atoms with van der Waals surface area (Å²) in [5.74, 6) is 0. The zero-order chi connectivity index (χ0) is 26.5. The van der Waals surface area contributed by atoms with Gasteiger partial charge in [-0.05, 0) is 81.9 Å². The lowest BCUT2D eigenvalue weighted by atomic mass is 10.0. The average Bonchev–Trinajstić information content (AvgIpc) is 3.41. The third kappa shape index (κ3) is 3.71. The maximum Gasteiger partial charge on any atom is 0.136 e. The van der Waals surface area contributed by atoms with Crippen LogP contribution in [0.4, 0.5) is 17.1 Å². The molecule has 40 heavy (non-hydrogen) atoms. The Labute approximate surface area is 231 Å². The van der Waals surface area contributed by atoms with Gasteiger partial charge in [-0.3, -0.25) is 4.98 Å². The molecule has 0 amide bonds. The molecule has 0 radical (unpaired) electrons. The molecule has 0 aliphatic carbocycles. The highest BCUT2D eigenvalue weighted by Crippen LogP contribution is 2.41. The fourth-order valence-corrected chi connectivity index (χ4v) is 5.76. The second kappa shape index (κ2) is 9.11. The molecule has 2 aromatic heterocycles. The predicted molar refractivity (Wildman–Crippen MR) is 167 cm³/mol. The van der Waals surface area contributed by atoms with Crippen molar-refractivity contribution in [3.05, 3.63) is 146 Å². The zero-order valence-corrected chi connectivity index (χ0v) is 21.7. The summed E-state index contributed by atoms with van der Waals surface area (Å²) in [6, 6.07) is 47.1. The Morgan fingerprint density at radius 2 is 1.15 bits per heavy atom. The van der Waals surface area contributed by atoms with Crippen molar-refractivity contribution in [2.75, 3.05) is 4.90 Å². The molecule has 6 aromatic carbocycles. The largest absolute Gasteiger partial charge is 0.456 e. The molecular weight excluding hydrogens is 488 g/mol. The Bertz CT molecular complexity index is 2160. The van der Waals surface area contributed by atoms with E-state index in [4.69, 9.17) is 4.42 Å². The minimum absolute atomic E-state index is 0.869. The van der Waals surface area contributed by atoms with Gasteiger partial charge in [0, 0.05) is 45.6 Å². The van der Waals surface area contributed by atoms with Crippen LogP contribution in [0.1, 0.15) is 0 Å². The van der Waals surface area contributed by atoms with E-state index >= 15 is 0 Å². The number of aromatic nitrogens is 1. The molecule has 3 nitrogen and oxygen atoms in total. The van der Waals surface area contributed by atoms with Crippen LogP contribution in [0.15, 0.2) is 150 Å². The first kappa shape index (κ1) is 22.6. The third-order valence-electron chi connectivity index (χ3n) is 7.72. The van der Waals surface area contributed by atoms with Crippen LogP contribution in [-0.4, -0.2) is 4.98 Å². The van der Waals surface area contributed by atoms with E-state index in [1.165, 1.54) is 21.9 Å². The molecule has 0 spiro atoms. The normalized spacial score (nSPS) is 11.5. The van der Waals surface area contributed by atoms with Crippen LogP contribution >= 0.6 is 0 Å². The lowest BCUT2D eigenvalue weighted by Crippen LogP contribution is -2.09. The van der Waals surface area contributed by atoms with Crippen molar-refractivity contribution in [3.8, 4) is 11.1 Å². The van der Waals surface area contributed by atoms with Crippen molar-refractivity contribution in [1.29, 1.82) is 0 Å². The van der Waals surface area contributed by atoms with E-state index in [2.05, 4.69) is 131 Å². The van der Waals surface area contributed by atoms with Crippen LogP contribution in [0.5, 0.6) is 0 Å². The first-order chi connectivity index (χ1) is 19.8. The quantitative estimate of drug-likeness (QED) is 0.235. The highest BCUT2D eigenvalue weighted by Gasteiger charge is 2.17. The van der Waals surface area contributed by atoms with E-state index in [1.54, 1.807) is 0 Å². The molecule has 0 atom stereocenters. The molecule has 0 bridgehead atoms.